The second kappa shape index (κ2) is 13.7. The number of unbranched alkanes of at least 4 members (excludes halogenated alkanes) is 8. The Kier molecular flexibility index (Phi) is 11.8. The molecular formula is C23H39NO2. The Hall–Kier alpha value is -1.51. The van der Waals surface area contributed by atoms with E-state index in [1.807, 2.05) is 13.0 Å². The summed E-state index contributed by atoms with van der Waals surface area (Å²) in [6.45, 7) is 8.86. The first-order chi connectivity index (χ1) is 12.5. The Morgan fingerprint density at radius 1 is 0.962 bits per heavy atom. The van der Waals surface area contributed by atoms with Gasteiger partial charge in [0.25, 0.3) is 0 Å². The first-order valence-electron chi connectivity index (χ1n) is 10.5. The second-order valence-electron chi connectivity index (χ2n) is 7.58. The maximum atomic E-state index is 12.0. The average Bonchev–Trinajstić information content (AvgIpc) is 2.60. The summed E-state index contributed by atoms with van der Waals surface area (Å²) in [5.74, 6) is 1.08. The minimum Gasteiger partial charge on any atom is -0.491 e. The van der Waals surface area contributed by atoms with Gasteiger partial charge in [-0.1, -0.05) is 76.5 Å². The van der Waals surface area contributed by atoms with Crippen molar-refractivity contribution in [1.29, 1.82) is 0 Å². The average molecular weight is 362 g/mol. The quantitative estimate of drug-likeness (QED) is 0.406. The van der Waals surface area contributed by atoms with Gasteiger partial charge >= 0.3 is 0 Å². The third-order valence-electron chi connectivity index (χ3n) is 4.80. The van der Waals surface area contributed by atoms with E-state index in [1.165, 1.54) is 44.9 Å². The zero-order chi connectivity index (χ0) is 19.2. The highest BCUT2D eigenvalue weighted by molar-refractivity contribution is 5.76. The second-order valence-corrected chi connectivity index (χ2v) is 7.58. The van der Waals surface area contributed by atoms with E-state index in [0.717, 1.165) is 29.7 Å². The highest BCUT2D eigenvalue weighted by atomic mass is 16.5. The Labute approximate surface area is 160 Å². The zero-order valence-electron chi connectivity index (χ0n) is 17.4. The maximum absolute atomic E-state index is 12.0. The van der Waals surface area contributed by atoms with Gasteiger partial charge < -0.3 is 10.1 Å². The van der Waals surface area contributed by atoms with Crippen molar-refractivity contribution < 1.29 is 9.53 Å². The summed E-state index contributed by atoms with van der Waals surface area (Å²) in [4.78, 5) is 12.0. The van der Waals surface area contributed by atoms with Crippen molar-refractivity contribution in [2.75, 3.05) is 6.61 Å². The fraction of sp³-hybridized carbons (Fsp3) is 0.696. The molecule has 0 aromatic heterocycles. The molecule has 0 saturated heterocycles. The standard InChI is InChI=1S/C23H39NO2/c1-5-6-7-8-9-10-11-12-13-17-22(25)24-21(4)18-26-23-19(2)15-14-16-20(23)3/h14-16,21H,5-13,17-18H2,1-4H3,(H,24,25)/t21-/m1/s1. The Balaban J connectivity index is 2.08. The number of hydrogen-bond acceptors (Lipinski definition) is 2. The van der Waals surface area contributed by atoms with Gasteiger partial charge in [0.15, 0.2) is 0 Å². The number of benzene rings is 1. The SMILES string of the molecule is CCCCCCCCCCCC(=O)N[C@H](C)COc1c(C)cccc1C. The van der Waals surface area contributed by atoms with Crippen LogP contribution in [0.15, 0.2) is 18.2 Å². The van der Waals surface area contributed by atoms with E-state index in [-0.39, 0.29) is 11.9 Å². The Morgan fingerprint density at radius 3 is 2.08 bits per heavy atom. The molecule has 3 nitrogen and oxygen atoms in total. The number of nitrogens with one attached hydrogen (secondary N) is 1. The molecule has 0 fully saturated rings. The van der Waals surface area contributed by atoms with Gasteiger partial charge in [-0.15, -0.1) is 0 Å². The molecule has 26 heavy (non-hydrogen) atoms. The molecule has 1 N–H and O–H groups in total. The summed E-state index contributed by atoms with van der Waals surface area (Å²) in [5, 5.41) is 3.05. The molecule has 0 unspecified atom stereocenters. The lowest BCUT2D eigenvalue weighted by Crippen LogP contribution is -2.36. The van der Waals surface area contributed by atoms with Crippen molar-refractivity contribution in [1.82, 2.24) is 5.32 Å². The van der Waals surface area contributed by atoms with Crippen LogP contribution in [-0.4, -0.2) is 18.6 Å². The third-order valence-corrected chi connectivity index (χ3v) is 4.80. The summed E-state index contributed by atoms with van der Waals surface area (Å²) in [5.41, 5.74) is 2.27. The van der Waals surface area contributed by atoms with Crippen LogP contribution >= 0.6 is 0 Å². The lowest BCUT2D eigenvalue weighted by Gasteiger charge is -2.17. The molecule has 1 aromatic rings. The zero-order valence-corrected chi connectivity index (χ0v) is 17.4. The van der Waals surface area contributed by atoms with E-state index in [2.05, 4.69) is 38.2 Å². The molecule has 0 aliphatic heterocycles. The van der Waals surface area contributed by atoms with E-state index in [1.54, 1.807) is 0 Å². The molecular weight excluding hydrogens is 322 g/mol. The van der Waals surface area contributed by atoms with Gasteiger partial charge in [-0.25, -0.2) is 0 Å². The Bertz CT molecular complexity index is 493. The lowest BCUT2D eigenvalue weighted by atomic mass is 10.1. The molecule has 0 saturated carbocycles. The molecule has 0 aliphatic carbocycles. The van der Waals surface area contributed by atoms with Crippen LogP contribution in [0.1, 0.15) is 89.2 Å². The van der Waals surface area contributed by atoms with Crippen molar-refractivity contribution in [2.24, 2.45) is 0 Å². The van der Waals surface area contributed by atoms with Gasteiger partial charge in [-0.2, -0.15) is 0 Å². The van der Waals surface area contributed by atoms with Crippen LogP contribution in [-0.2, 0) is 4.79 Å². The molecule has 1 aromatic carbocycles. The fourth-order valence-corrected chi connectivity index (χ4v) is 3.22. The number of carbonyl (C=O) groups excluding carboxylic acids is 1. The van der Waals surface area contributed by atoms with Crippen LogP contribution in [0.25, 0.3) is 0 Å². The van der Waals surface area contributed by atoms with E-state index in [4.69, 9.17) is 4.74 Å². The summed E-state index contributed by atoms with van der Waals surface area (Å²) in [6.07, 6.45) is 12.1. The molecule has 148 valence electrons. The minimum absolute atomic E-state index is 0.0278. The van der Waals surface area contributed by atoms with Crippen LogP contribution in [0.5, 0.6) is 5.75 Å². The van der Waals surface area contributed by atoms with Crippen LogP contribution in [0.3, 0.4) is 0 Å². The highest BCUT2D eigenvalue weighted by Crippen LogP contribution is 2.22. The summed E-state index contributed by atoms with van der Waals surface area (Å²) < 4.78 is 5.91. The number of carbonyl (C=O) groups is 1. The molecule has 0 aliphatic rings. The monoisotopic (exact) mass is 361 g/mol. The van der Waals surface area contributed by atoms with Crippen LogP contribution < -0.4 is 10.1 Å². The molecule has 0 spiro atoms. The van der Waals surface area contributed by atoms with Gasteiger partial charge in [0.2, 0.25) is 5.91 Å². The number of hydrogen-bond donors (Lipinski definition) is 1. The molecule has 1 rings (SSSR count). The fourth-order valence-electron chi connectivity index (χ4n) is 3.22. The first-order valence-corrected chi connectivity index (χ1v) is 10.5. The number of rotatable bonds is 14. The predicted molar refractivity (Wildman–Crippen MR) is 111 cm³/mol. The van der Waals surface area contributed by atoms with E-state index in [9.17, 15) is 4.79 Å². The van der Waals surface area contributed by atoms with Gasteiger partial charge in [-0.05, 0) is 38.3 Å². The molecule has 0 radical (unpaired) electrons. The third kappa shape index (κ3) is 9.84. The lowest BCUT2D eigenvalue weighted by molar-refractivity contribution is -0.122. The smallest absolute Gasteiger partial charge is 0.220 e. The minimum atomic E-state index is 0.0278. The van der Waals surface area contributed by atoms with Crippen molar-refractivity contribution in [3.63, 3.8) is 0 Å². The van der Waals surface area contributed by atoms with E-state index < -0.39 is 0 Å². The number of amides is 1. The summed E-state index contributed by atoms with van der Waals surface area (Å²) >= 11 is 0. The van der Waals surface area contributed by atoms with E-state index in [0.29, 0.717) is 13.0 Å². The molecule has 3 heteroatoms. The molecule has 0 bridgehead atoms. The Morgan fingerprint density at radius 2 is 1.50 bits per heavy atom. The topological polar surface area (TPSA) is 38.3 Å². The first kappa shape index (κ1) is 22.5. The largest absolute Gasteiger partial charge is 0.491 e. The van der Waals surface area contributed by atoms with Gasteiger partial charge in [0.05, 0.1) is 6.04 Å². The predicted octanol–water partition coefficient (Wildman–Crippen LogP) is 6.11. The summed E-state index contributed by atoms with van der Waals surface area (Å²) in [6, 6.07) is 6.17. The summed E-state index contributed by atoms with van der Waals surface area (Å²) in [7, 11) is 0. The maximum Gasteiger partial charge on any atom is 0.220 e. The van der Waals surface area contributed by atoms with Crippen molar-refractivity contribution in [3.05, 3.63) is 29.3 Å². The molecule has 1 atom stereocenters. The van der Waals surface area contributed by atoms with Gasteiger partial charge in [0.1, 0.15) is 12.4 Å². The van der Waals surface area contributed by atoms with Gasteiger partial charge in [-0.3, -0.25) is 4.79 Å². The van der Waals surface area contributed by atoms with Crippen LogP contribution in [0.2, 0.25) is 0 Å². The van der Waals surface area contributed by atoms with E-state index >= 15 is 0 Å². The molecule has 0 heterocycles. The normalized spacial score (nSPS) is 12.0. The van der Waals surface area contributed by atoms with Crippen LogP contribution in [0, 0.1) is 13.8 Å². The van der Waals surface area contributed by atoms with Crippen molar-refractivity contribution >= 4 is 5.91 Å². The molecule has 1 amide bonds. The van der Waals surface area contributed by atoms with Crippen molar-refractivity contribution in [3.8, 4) is 5.75 Å². The van der Waals surface area contributed by atoms with Crippen LogP contribution in [0.4, 0.5) is 0 Å². The number of aryl methyl sites for hydroxylation is 2. The number of para-hydroxylation sites is 1. The number of ether oxygens (including phenoxy) is 1. The highest BCUT2D eigenvalue weighted by Gasteiger charge is 2.10. The van der Waals surface area contributed by atoms with Gasteiger partial charge in [0, 0.05) is 6.42 Å². The van der Waals surface area contributed by atoms with Crippen molar-refractivity contribution in [2.45, 2.75) is 97.9 Å².